The van der Waals surface area contributed by atoms with Crippen molar-refractivity contribution in [3.63, 3.8) is 0 Å². The summed E-state index contributed by atoms with van der Waals surface area (Å²) in [4.78, 5) is 2.50. The Hall–Kier alpha value is -0.120. The van der Waals surface area contributed by atoms with Crippen molar-refractivity contribution in [1.82, 2.24) is 10.2 Å². The van der Waals surface area contributed by atoms with E-state index in [2.05, 4.69) is 17.1 Å². The summed E-state index contributed by atoms with van der Waals surface area (Å²) in [5.41, 5.74) is 0.671. The van der Waals surface area contributed by atoms with Crippen molar-refractivity contribution < 1.29 is 4.74 Å². The minimum atomic E-state index is 0.671. The van der Waals surface area contributed by atoms with Gasteiger partial charge in [-0.3, -0.25) is 4.90 Å². The lowest BCUT2D eigenvalue weighted by Crippen LogP contribution is -2.71. The van der Waals surface area contributed by atoms with Crippen LogP contribution in [0.4, 0.5) is 0 Å². The van der Waals surface area contributed by atoms with Crippen molar-refractivity contribution in [2.45, 2.75) is 13.3 Å². The molecule has 0 aromatic heterocycles. The molecule has 0 aliphatic carbocycles. The van der Waals surface area contributed by atoms with Crippen LogP contribution < -0.4 is 5.32 Å². The molecule has 13 heavy (non-hydrogen) atoms. The van der Waals surface area contributed by atoms with E-state index < -0.39 is 0 Å². The Bertz CT molecular complexity index is 160. The van der Waals surface area contributed by atoms with E-state index >= 15 is 0 Å². The molecule has 0 atom stereocenters. The number of nitrogens with zero attached hydrogens (tertiary/aromatic N) is 1. The molecule has 2 rings (SSSR count). The largest absolute Gasteiger partial charge is 0.380 e. The Morgan fingerprint density at radius 2 is 2.08 bits per heavy atom. The van der Waals surface area contributed by atoms with Crippen LogP contribution in [0, 0.1) is 5.41 Å². The summed E-state index contributed by atoms with van der Waals surface area (Å²) >= 11 is 0. The lowest BCUT2D eigenvalue weighted by atomic mass is 9.74. The average Bonchev–Trinajstić information content (AvgIpc) is 1.97. The number of rotatable bonds is 5. The highest BCUT2D eigenvalue weighted by Gasteiger charge is 2.46. The van der Waals surface area contributed by atoms with Crippen LogP contribution in [0.5, 0.6) is 0 Å². The summed E-state index contributed by atoms with van der Waals surface area (Å²) < 4.78 is 5.45. The van der Waals surface area contributed by atoms with E-state index in [1.165, 1.54) is 26.2 Å². The first kappa shape index (κ1) is 9.44. The summed E-state index contributed by atoms with van der Waals surface area (Å²) in [6.07, 6.45) is 1.13. The monoisotopic (exact) mass is 184 g/mol. The maximum Gasteiger partial charge on any atom is 0.0593 e. The third-order valence-electron chi connectivity index (χ3n) is 3.02. The highest BCUT2D eigenvalue weighted by atomic mass is 16.5. The maximum atomic E-state index is 5.45. The molecule has 2 fully saturated rings. The average molecular weight is 184 g/mol. The van der Waals surface area contributed by atoms with Crippen LogP contribution in [-0.2, 0) is 4.74 Å². The zero-order valence-corrected chi connectivity index (χ0v) is 8.51. The molecule has 3 nitrogen and oxygen atoms in total. The van der Waals surface area contributed by atoms with Crippen molar-refractivity contribution in [2.75, 3.05) is 45.9 Å². The van der Waals surface area contributed by atoms with Crippen LogP contribution in [0.25, 0.3) is 0 Å². The predicted octanol–water partition coefficient (Wildman–Crippen LogP) is 0.318. The number of ether oxygens (including phenoxy) is 1. The zero-order valence-electron chi connectivity index (χ0n) is 8.51. The molecule has 0 radical (unpaired) electrons. The zero-order chi connectivity index (χ0) is 9.15. The van der Waals surface area contributed by atoms with Gasteiger partial charge in [0.2, 0.25) is 0 Å². The van der Waals surface area contributed by atoms with Gasteiger partial charge in [-0.15, -0.1) is 0 Å². The second-order valence-electron chi connectivity index (χ2n) is 4.43. The highest BCUT2D eigenvalue weighted by molar-refractivity contribution is 5.03. The van der Waals surface area contributed by atoms with Gasteiger partial charge in [-0.2, -0.15) is 0 Å². The third-order valence-corrected chi connectivity index (χ3v) is 3.02. The van der Waals surface area contributed by atoms with Crippen LogP contribution in [0.3, 0.4) is 0 Å². The van der Waals surface area contributed by atoms with Crippen molar-refractivity contribution in [2.24, 2.45) is 5.41 Å². The molecule has 3 heteroatoms. The Morgan fingerprint density at radius 1 is 1.31 bits per heavy atom. The van der Waals surface area contributed by atoms with E-state index in [1.54, 1.807) is 0 Å². The smallest absolute Gasteiger partial charge is 0.0593 e. The first-order chi connectivity index (χ1) is 6.35. The van der Waals surface area contributed by atoms with Gasteiger partial charge in [0.15, 0.2) is 0 Å². The van der Waals surface area contributed by atoms with Crippen LogP contribution in [0.1, 0.15) is 13.3 Å². The molecule has 2 aliphatic rings. The lowest BCUT2D eigenvalue weighted by molar-refractivity contribution is -0.0515. The summed E-state index contributed by atoms with van der Waals surface area (Å²) in [7, 11) is 0. The van der Waals surface area contributed by atoms with Gasteiger partial charge < -0.3 is 10.1 Å². The number of nitrogens with one attached hydrogen (secondary N) is 1. The van der Waals surface area contributed by atoms with Gasteiger partial charge in [-0.1, -0.05) is 6.92 Å². The van der Waals surface area contributed by atoms with Crippen LogP contribution in [0.15, 0.2) is 0 Å². The van der Waals surface area contributed by atoms with E-state index in [9.17, 15) is 0 Å². The van der Waals surface area contributed by atoms with Crippen molar-refractivity contribution in [3.8, 4) is 0 Å². The lowest BCUT2D eigenvalue weighted by Gasteiger charge is -2.56. The minimum Gasteiger partial charge on any atom is -0.380 e. The van der Waals surface area contributed by atoms with E-state index in [4.69, 9.17) is 4.74 Å². The first-order valence-corrected chi connectivity index (χ1v) is 5.35. The molecule has 1 spiro atoms. The highest BCUT2D eigenvalue weighted by Crippen LogP contribution is 2.33. The fraction of sp³-hybridized carbons (Fsp3) is 1.00. The standard InChI is InChI=1S/C10H20N2O/c1-2-4-13-5-3-12-8-10(9-12)6-11-7-10/h11H,2-9H2,1H3. The third kappa shape index (κ3) is 2.03. The summed E-state index contributed by atoms with van der Waals surface area (Å²) in [6.45, 7) is 10.2. The topological polar surface area (TPSA) is 24.5 Å². The van der Waals surface area contributed by atoms with Gasteiger partial charge in [0.05, 0.1) is 6.61 Å². The summed E-state index contributed by atoms with van der Waals surface area (Å²) in [6, 6.07) is 0. The summed E-state index contributed by atoms with van der Waals surface area (Å²) in [5.74, 6) is 0. The molecule has 1 N–H and O–H groups in total. The second-order valence-corrected chi connectivity index (χ2v) is 4.43. The van der Waals surface area contributed by atoms with E-state index in [0.29, 0.717) is 5.41 Å². The quantitative estimate of drug-likeness (QED) is 0.623. The molecule has 2 heterocycles. The SMILES string of the molecule is CCCOCCN1CC2(CNC2)C1. The molecular weight excluding hydrogens is 164 g/mol. The fourth-order valence-corrected chi connectivity index (χ4v) is 2.20. The van der Waals surface area contributed by atoms with Crippen molar-refractivity contribution >= 4 is 0 Å². The summed E-state index contributed by atoms with van der Waals surface area (Å²) in [5, 5.41) is 3.34. The van der Waals surface area contributed by atoms with Crippen LogP contribution in [-0.4, -0.2) is 50.8 Å². The Kier molecular flexibility index (Phi) is 2.86. The van der Waals surface area contributed by atoms with Crippen LogP contribution >= 0.6 is 0 Å². The number of hydrogen-bond acceptors (Lipinski definition) is 3. The molecule has 76 valence electrons. The Labute approximate surface area is 80.4 Å². The number of likely N-dealkylation sites (tertiary alicyclic amines) is 1. The fourth-order valence-electron chi connectivity index (χ4n) is 2.20. The van der Waals surface area contributed by atoms with Crippen molar-refractivity contribution in [3.05, 3.63) is 0 Å². The van der Waals surface area contributed by atoms with Crippen LogP contribution in [0.2, 0.25) is 0 Å². The normalized spacial score (nSPS) is 25.6. The Balaban J connectivity index is 1.49. The molecule has 2 aliphatic heterocycles. The van der Waals surface area contributed by atoms with Gasteiger partial charge in [-0.05, 0) is 6.42 Å². The molecular formula is C10H20N2O. The molecule has 2 saturated heterocycles. The molecule has 0 aromatic rings. The van der Waals surface area contributed by atoms with E-state index in [0.717, 1.165) is 26.2 Å². The maximum absolute atomic E-state index is 5.45. The molecule has 0 saturated carbocycles. The minimum absolute atomic E-state index is 0.671. The van der Waals surface area contributed by atoms with Gasteiger partial charge >= 0.3 is 0 Å². The Morgan fingerprint density at radius 3 is 2.62 bits per heavy atom. The van der Waals surface area contributed by atoms with E-state index in [-0.39, 0.29) is 0 Å². The second kappa shape index (κ2) is 3.95. The van der Waals surface area contributed by atoms with Gasteiger partial charge in [0.1, 0.15) is 0 Å². The predicted molar refractivity (Wildman–Crippen MR) is 52.9 cm³/mol. The molecule has 0 amide bonds. The molecule has 0 bridgehead atoms. The van der Waals surface area contributed by atoms with Gasteiger partial charge in [0.25, 0.3) is 0 Å². The van der Waals surface area contributed by atoms with Gasteiger partial charge in [-0.25, -0.2) is 0 Å². The number of hydrogen-bond donors (Lipinski definition) is 1. The molecule has 0 aromatic carbocycles. The first-order valence-electron chi connectivity index (χ1n) is 5.35. The molecule has 0 unspecified atom stereocenters. The van der Waals surface area contributed by atoms with Gasteiger partial charge in [0, 0.05) is 44.7 Å². The van der Waals surface area contributed by atoms with E-state index in [1.807, 2.05) is 0 Å². The van der Waals surface area contributed by atoms with Crippen molar-refractivity contribution in [1.29, 1.82) is 0 Å².